The Kier molecular flexibility index (Phi) is 7.40. The topological polar surface area (TPSA) is 28.5 Å². The van der Waals surface area contributed by atoms with Gasteiger partial charge in [0.1, 0.15) is 0 Å². The first-order valence-corrected chi connectivity index (χ1v) is 9.05. The zero-order valence-corrected chi connectivity index (χ0v) is 19.1. The number of rotatable bonds is 5. The Balaban J connectivity index is 0.00000243. The smallest absolute Gasteiger partial charge is 0.178 e. The Labute approximate surface area is 171 Å². The van der Waals surface area contributed by atoms with Gasteiger partial charge in [-0.15, -0.1) is 12.1 Å². The van der Waals surface area contributed by atoms with Crippen LogP contribution in [0.25, 0.3) is 5.69 Å². The Morgan fingerprint density at radius 2 is 1.81 bits per heavy atom. The van der Waals surface area contributed by atoms with Gasteiger partial charge in [-0.3, -0.25) is 9.69 Å². The van der Waals surface area contributed by atoms with Crippen molar-refractivity contribution in [1.29, 1.82) is 0 Å². The molecule has 3 rings (SSSR count). The second-order valence-corrected chi connectivity index (χ2v) is 7.27. The molecule has 2 aromatic rings. The summed E-state index contributed by atoms with van der Waals surface area (Å²) in [5.41, 5.74) is 4.05. The molecule has 4 nitrogen and oxygen atoms in total. The van der Waals surface area contributed by atoms with Gasteiger partial charge in [-0.05, 0) is 46.9 Å². The molecule has 0 bridgehead atoms. The third kappa shape index (κ3) is 4.54. The summed E-state index contributed by atoms with van der Waals surface area (Å²) in [7, 11) is 4.28. The van der Waals surface area contributed by atoms with Crippen LogP contribution in [0, 0.1) is 19.9 Å². The van der Waals surface area contributed by atoms with E-state index >= 15 is 0 Å². The van der Waals surface area contributed by atoms with E-state index < -0.39 is 0 Å². The summed E-state index contributed by atoms with van der Waals surface area (Å²) in [4.78, 5) is 17.5. The molecule has 1 aromatic carbocycles. The molecule has 0 saturated carbocycles. The van der Waals surface area contributed by atoms with Gasteiger partial charge in [0.15, 0.2) is 5.78 Å². The quantitative estimate of drug-likeness (QED) is 0.447. The van der Waals surface area contributed by atoms with Crippen molar-refractivity contribution in [3.8, 4) is 5.69 Å². The molecule has 2 heterocycles. The first-order valence-electron chi connectivity index (χ1n) is 9.05. The van der Waals surface area contributed by atoms with Crippen LogP contribution in [0.4, 0.5) is 0 Å². The Hall–Kier alpha value is -1.22. The van der Waals surface area contributed by atoms with Gasteiger partial charge >= 0.3 is 0 Å². The van der Waals surface area contributed by atoms with E-state index in [4.69, 9.17) is 0 Å². The van der Waals surface area contributed by atoms with Gasteiger partial charge in [-0.1, -0.05) is 5.69 Å². The van der Waals surface area contributed by atoms with Crippen LogP contribution < -0.4 is 0 Å². The largest absolute Gasteiger partial charge is 0.341 e. The van der Waals surface area contributed by atoms with Crippen LogP contribution in [-0.2, 0) is 21.1 Å². The third-order valence-corrected chi connectivity index (χ3v) is 5.34. The molecule has 0 unspecified atom stereocenters. The fourth-order valence-electron chi connectivity index (χ4n) is 3.85. The van der Waals surface area contributed by atoms with E-state index in [0.29, 0.717) is 12.6 Å². The van der Waals surface area contributed by atoms with Crippen LogP contribution in [0.2, 0.25) is 0 Å². The Morgan fingerprint density at radius 3 is 2.38 bits per heavy atom. The molecule has 5 heteroatoms. The molecular weight excluding hydrogens is 494 g/mol. The summed E-state index contributed by atoms with van der Waals surface area (Å²) < 4.78 is 2.15. The number of carbonyl (C=O) groups excluding carboxylic acids is 1. The molecule has 26 heavy (non-hydrogen) atoms. The van der Waals surface area contributed by atoms with E-state index in [-0.39, 0.29) is 26.8 Å². The van der Waals surface area contributed by atoms with Gasteiger partial charge in [0, 0.05) is 57.1 Å². The summed E-state index contributed by atoms with van der Waals surface area (Å²) in [6.45, 7) is 6.62. The van der Waals surface area contributed by atoms with Crippen molar-refractivity contribution in [2.75, 3.05) is 33.7 Å². The molecule has 1 saturated heterocycles. The molecular formula is C21H28N3OW-. The van der Waals surface area contributed by atoms with E-state index in [1.807, 2.05) is 37.3 Å². The molecule has 140 valence electrons. The van der Waals surface area contributed by atoms with Crippen LogP contribution in [-0.4, -0.2) is 59.9 Å². The second-order valence-electron chi connectivity index (χ2n) is 7.27. The van der Waals surface area contributed by atoms with Crippen molar-refractivity contribution in [1.82, 2.24) is 14.4 Å². The van der Waals surface area contributed by atoms with Crippen molar-refractivity contribution in [3.05, 3.63) is 53.3 Å². The van der Waals surface area contributed by atoms with Crippen LogP contribution in [0.5, 0.6) is 0 Å². The number of hydrogen-bond donors (Lipinski definition) is 0. The molecule has 0 N–H and O–H groups in total. The molecule has 1 aliphatic heterocycles. The van der Waals surface area contributed by atoms with E-state index in [9.17, 15) is 4.79 Å². The van der Waals surface area contributed by atoms with Crippen molar-refractivity contribution in [2.45, 2.75) is 32.7 Å². The Morgan fingerprint density at radius 1 is 1.19 bits per heavy atom. The van der Waals surface area contributed by atoms with E-state index in [2.05, 4.69) is 41.5 Å². The number of benzene rings is 1. The molecule has 0 radical (unpaired) electrons. The molecule has 0 amide bonds. The number of carbonyl (C=O) groups is 1. The minimum atomic E-state index is 0. The second kappa shape index (κ2) is 9.12. The summed E-state index contributed by atoms with van der Waals surface area (Å²) in [5, 5.41) is 0. The maximum Gasteiger partial charge on any atom is 0.178 e. The summed E-state index contributed by atoms with van der Waals surface area (Å²) in [6, 6.07) is 13.6. The van der Waals surface area contributed by atoms with Crippen molar-refractivity contribution >= 4 is 5.78 Å². The van der Waals surface area contributed by atoms with Crippen LogP contribution in [0.3, 0.4) is 0 Å². The minimum absolute atomic E-state index is 0. The molecule has 0 atom stereocenters. The summed E-state index contributed by atoms with van der Waals surface area (Å²) in [5.74, 6) is 0.227. The maximum absolute atomic E-state index is 12.9. The molecule has 0 spiro atoms. The van der Waals surface area contributed by atoms with Crippen LogP contribution in [0.1, 0.15) is 34.6 Å². The van der Waals surface area contributed by atoms with Crippen molar-refractivity contribution in [3.63, 3.8) is 0 Å². The van der Waals surface area contributed by atoms with Crippen LogP contribution in [0.15, 0.2) is 30.3 Å². The van der Waals surface area contributed by atoms with Gasteiger partial charge in [-0.2, -0.15) is 18.2 Å². The van der Waals surface area contributed by atoms with Crippen molar-refractivity contribution in [2.24, 2.45) is 0 Å². The summed E-state index contributed by atoms with van der Waals surface area (Å²) >= 11 is 0. The predicted molar refractivity (Wildman–Crippen MR) is 102 cm³/mol. The number of nitrogens with zero attached hydrogens (tertiary/aromatic N) is 3. The van der Waals surface area contributed by atoms with Gasteiger partial charge < -0.3 is 9.47 Å². The van der Waals surface area contributed by atoms with Crippen molar-refractivity contribution < 1.29 is 25.9 Å². The number of aryl methyl sites for hydroxylation is 1. The Bertz CT molecular complexity index is 731. The number of piperidine rings is 1. The normalized spacial score (nSPS) is 15.9. The number of ketones is 1. The average Bonchev–Trinajstić information content (AvgIpc) is 2.90. The standard InChI is InChI=1S/C21H28N3O.W/c1-16-14-20(17(2)24(16)19-8-6-5-7-9-19)21(25)15-23-12-10-18(11-13-23)22(3)4;/h6-9,14,18H,10-13,15H2,1-4H3;/q-1;. The van der Waals surface area contributed by atoms with E-state index in [1.54, 1.807) is 0 Å². The van der Waals surface area contributed by atoms with Crippen LogP contribution >= 0.6 is 0 Å². The van der Waals surface area contributed by atoms with Gasteiger partial charge in [0.2, 0.25) is 0 Å². The number of aromatic nitrogens is 1. The van der Waals surface area contributed by atoms with E-state index in [1.165, 1.54) is 0 Å². The zero-order chi connectivity index (χ0) is 18.0. The first-order chi connectivity index (χ1) is 12.0. The fraction of sp³-hybridized carbons (Fsp3) is 0.476. The zero-order valence-electron chi connectivity index (χ0n) is 16.2. The maximum atomic E-state index is 12.9. The molecule has 1 fully saturated rings. The SMILES string of the molecule is Cc1cc(C(=O)CN2CCC(N(C)C)CC2)c(C)n1-c1cc[c-]cc1.[W]. The number of Topliss-reactive ketones (excluding diaryl/α,β-unsaturated/α-hetero) is 1. The van der Waals surface area contributed by atoms with Gasteiger partial charge in [0.25, 0.3) is 0 Å². The number of likely N-dealkylation sites (tertiary alicyclic amines) is 1. The average molecular weight is 522 g/mol. The molecule has 1 aliphatic rings. The molecule has 0 aliphatic carbocycles. The summed E-state index contributed by atoms with van der Waals surface area (Å²) in [6.07, 6.45) is 2.28. The predicted octanol–water partition coefficient (Wildman–Crippen LogP) is 3.10. The first kappa shape index (κ1) is 21.1. The van der Waals surface area contributed by atoms with Gasteiger partial charge in [-0.25, -0.2) is 0 Å². The molecule has 1 aromatic heterocycles. The number of hydrogen-bond acceptors (Lipinski definition) is 3. The van der Waals surface area contributed by atoms with Gasteiger partial charge in [0.05, 0.1) is 6.54 Å². The van der Waals surface area contributed by atoms with E-state index in [0.717, 1.165) is 48.6 Å². The third-order valence-electron chi connectivity index (χ3n) is 5.34. The fourth-order valence-corrected chi connectivity index (χ4v) is 3.85. The minimum Gasteiger partial charge on any atom is -0.341 e. The monoisotopic (exact) mass is 522 g/mol.